The van der Waals surface area contributed by atoms with E-state index in [1.54, 1.807) is 19.2 Å². The molecule has 12 heteroatoms. The molecule has 0 amide bonds. The standard InChI is InChI=1S/C18H34N12.C5H8.C4H8.C3H6.2C2H6.C2H4/c1-10-27(6)15-20-13(19-3)21-16(24-15)29(8)12-30(9)18-23-14(26(4)5)22-17(25-18)28(7)11-2;1-3-5-4-2;1-3-4-2;1-3-2;3*1-2/h10-12H2,1-9H3,(H,19,20,21,24);3-5H,1H2,2H3;3H,1,4H2,2H3;3H,1H2,2H3;2*1-2H3;1-2H2/b;5-4-;;;;;. The maximum atomic E-state index is 4.63. The van der Waals surface area contributed by atoms with Crippen LogP contribution in [0.25, 0.3) is 0 Å². The topological polar surface area (TPSA) is 106 Å². The summed E-state index contributed by atoms with van der Waals surface area (Å²) in [5.41, 5.74) is 0. The average Bonchev–Trinajstić information content (AvgIpc) is 3.13. The van der Waals surface area contributed by atoms with Gasteiger partial charge >= 0.3 is 0 Å². The number of nitrogens with one attached hydrogen (secondary N) is 1. The van der Waals surface area contributed by atoms with Crippen LogP contribution in [0.5, 0.6) is 0 Å². The van der Waals surface area contributed by atoms with Gasteiger partial charge in [0.05, 0.1) is 6.67 Å². The van der Waals surface area contributed by atoms with E-state index < -0.39 is 0 Å². The predicted molar refractivity (Wildman–Crippen MR) is 218 cm³/mol. The molecule has 2 rings (SSSR count). The largest absolute Gasteiger partial charge is 0.357 e. The molecular formula is C36H72N12. The van der Waals surface area contributed by atoms with E-state index in [4.69, 9.17) is 0 Å². The predicted octanol–water partition coefficient (Wildman–Crippen LogP) is 7.98. The summed E-state index contributed by atoms with van der Waals surface area (Å²) < 4.78 is 0. The minimum atomic E-state index is 0.481. The van der Waals surface area contributed by atoms with Gasteiger partial charge in [0.1, 0.15) is 0 Å². The van der Waals surface area contributed by atoms with Gasteiger partial charge < -0.3 is 29.8 Å². The Balaban J connectivity index is -0.000000286. The molecule has 0 radical (unpaired) electrons. The highest BCUT2D eigenvalue weighted by molar-refractivity contribution is 5.48. The lowest BCUT2D eigenvalue weighted by atomic mass is 10.5. The van der Waals surface area contributed by atoms with Gasteiger partial charge in [-0.15, -0.1) is 26.3 Å². The van der Waals surface area contributed by atoms with Crippen LogP contribution in [0.2, 0.25) is 0 Å². The highest BCUT2D eigenvalue weighted by atomic mass is 15.4. The third-order valence-electron chi connectivity index (χ3n) is 5.19. The summed E-state index contributed by atoms with van der Waals surface area (Å²) in [6.45, 7) is 36.4. The normalized spacial score (nSPS) is 8.67. The van der Waals surface area contributed by atoms with E-state index in [1.807, 2.05) is 133 Å². The lowest BCUT2D eigenvalue weighted by Gasteiger charge is -2.27. The van der Waals surface area contributed by atoms with Gasteiger partial charge in [-0.1, -0.05) is 71.6 Å². The van der Waals surface area contributed by atoms with Crippen molar-refractivity contribution in [3.8, 4) is 0 Å². The number of hydrogen-bond donors (Lipinski definition) is 1. The molecule has 1 N–H and O–H groups in total. The first kappa shape index (κ1) is 53.0. The Hall–Kier alpha value is -4.48. The van der Waals surface area contributed by atoms with Gasteiger partial charge in [0.25, 0.3) is 0 Å². The number of rotatable bonds is 12. The van der Waals surface area contributed by atoms with Crippen LogP contribution in [-0.4, -0.2) is 99.0 Å². The number of nitrogens with zero attached hydrogens (tertiary/aromatic N) is 11. The Morgan fingerprint density at radius 2 is 0.917 bits per heavy atom. The lowest BCUT2D eigenvalue weighted by Crippen LogP contribution is -2.36. The second kappa shape index (κ2) is 37.0. The number of hydrogen-bond acceptors (Lipinski definition) is 12. The molecule has 0 unspecified atom stereocenters. The van der Waals surface area contributed by atoms with Crippen LogP contribution in [0.1, 0.15) is 68.7 Å². The summed E-state index contributed by atoms with van der Waals surface area (Å²) in [6.07, 6.45) is 10.3. The Bertz CT molecular complexity index is 1070. The first-order valence-electron chi connectivity index (χ1n) is 16.6. The van der Waals surface area contributed by atoms with Crippen molar-refractivity contribution in [2.75, 3.05) is 98.9 Å². The van der Waals surface area contributed by atoms with Crippen LogP contribution in [-0.2, 0) is 0 Å². The molecular weight excluding hydrogens is 600 g/mol. The number of aromatic nitrogens is 6. The SMILES string of the molecule is C=C.C=C/C=C\C.C=CC.C=CCC.CC.CC.CCN(C)c1nc(NC)nc(N(C)CN(C)c2nc(N(C)C)nc(N(C)CC)n2)n1. The van der Waals surface area contributed by atoms with Crippen LogP contribution in [0.3, 0.4) is 0 Å². The molecule has 0 atom stereocenters. The molecule has 0 fully saturated rings. The summed E-state index contributed by atoms with van der Waals surface area (Å²) in [5, 5.41) is 3.00. The Morgan fingerprint density at radius 3 is 1.17 bits per heavy atom. The van der Waals surface area contributed by atoms with Gasteiger partial charge in [-0.2, -0.15) is 29.9 Å². The van der Waals surface area contributed by atoms with Crippen LogP contribution in [0, 0.1) is 0 Å². The molecule has 0 bridgehead atoms. The summed E-state index contributed by atoms with van der Waals surface area (Å²) in [7, 11) is 13.4. The quantitative estimate of drug-likeness (QED) is 0.134. The minimum absolute atomic E-state index is 0.481. The minimum Gasteiger partial charge on any atom is -0.357 e. The van der Waals surface area contributed by atoms with E-state index >= 15 is 0 Å². The van der Waals surface area contributed by atoms with E-state index in [2.05, 4.69) is 82.0 Å². The van der Waals surface area contributed by atoms with Crippen molar-refractivity contribution in [1.29, 1.82) is 0 Å². The lowest BCUT2D eigenvalue weighted by molar-refractivity contribution is 0.772. The van der Waals surface area contributed by atoms with Crippen molar-refractivity contribution in [2.24, 2.45) is 0 Å². The highest BCUT2D eigenvalue weighted by Crippen LogP contribution is 2.19. The van der Waals surface area contributed by atoms with Crippen molar-refractivity contribution in [1.82, 2.24) is 29.9 Å². The summed E-state index contributed by atoms with van der Waals surface area (Å²) in [4.78, 5) is 36.9. The monoisotopic (exact) mass is 673 g/mol. The van der Waals surface area contributed by atoms with Gasteiger partial charge in [-0.25, -0.2) is 0 Å². The van der Waals surface area contributed by atoms with E-state index in [1.165, 1.54) is 0 Å². The van der Waals surface area contributed by atoms with Gasteiger partial charge in [-0.3, -0.25) is 0 Å². The third-order valence-corrected chi connectivity index (χ3v) is 5.19. The van der Waals surface area contributed by atoms with Crippen molar-refractivity contribution >= 4 is 35.7 Å². The van der Waals surface area contributed by atoms with Crippen LogP contribution in [0.4, 0.5) is 35.7 Å². The second-order valence-electron chi connectivity index (χ2n) is 9.07. The van der Waals surface area contributed by atoms with Gasteiger partial charge in [0.15, 0.2) is 0 Å². The Morgan fingerprint density at radius 1 is 0.604 bits per heavy atom. The van der Waals surface area contributed by atoms with Gasteiger partial charge in [0, 0.05) is 62.4 Å². The zero-order valence-electron chi connectivity index (χ0n) is 33.7. The highest BCUT2D eigenvalue weighted by Gasteiger charge is 2.17. The second-order valence-corrected chi connectivity index (χ2v) is 9.07. The Labute approximate surface area is 296 Å². The summed E-state index contributed by atoms with van der Waals surface area (Å²) in [6, 6.07) is 0. The fourth-order valence-corrected chi connectivity index (χ4v) is 2.56. The third kappa shape index (κ3) is 24.7. The molecule has 0 aliphatic carbocycles. The smallest absolute Gasteiger partial charge is 0.233 e. The molecule has 2 aromatic heterocycles. The summed E-state index contributed by atoms with van der Waals surface area (Å²) in [5.74, 6) is 3.50. The molecule has 0 saturated heterocycles. The molecule has 2 aromatic rings. The van der Waals surface area contributed by atoms with Crippen molar-refractivity contribution < 1.29 is 0 Å². The molecule has 276 valence electrons. The molecule has 12 nitrogen and oxygen atoms in total. The zero-order valence-corrected chi connectivity index (χ0v) is 33.7. The van der Waals surface area contributed by atoms with Crippen LogP contribution in [0.15, 0.2) is 63.3 Å². The van der Waals surface area contributed by atoms with Crippen LogP contribution < -0.4 is 29.8 Å². The zero-order chi connectivity index (χ0) is 38.7. The maximum Gasteiger partial charge on any atom is 0.233 e. The Kier molecular flexibility index (Phi) is 40.9. The van der Waals surface area contributed by atoms with E-state index in [0.717, 1.165) is 19.5 Å². The van der Waals surface area contributed by atoms with Crippen LogP contribution >= 0.6 is 0 Å². The van der Waals surface area contributed by atoms with Gasteiger partial charge in [0.2, 0.25) is 35.7 Å². The molecule has 0 aliphatic rings. The fraction of sp³-hybridized carbons (Fsp3) is 0.556. The first-order chi connectivity index (χ1) is 22.9. The van der Waals surface area contributed by atoms with E-state index in [-0.39, 0.29) is 0 Å². The number of anilines is 6. The number of allylic oxidation sites excluding steroid dienone is 5. The van der Waals surface area contributed by atoms with E-state index in [0.29, 0.717) is 42.4 Å². The first-order valence-corrected chi connectivity index (χ1v) is 16.6. The fourth-order valence-electron chi connectivity index (χ4n) is 2.56. The maximum absolute atomic E-state index is 4.63. The molecule has 0 spiro atoms. The van der Waals surface area contributed by atoms with Crippen molar-refractivity contribution in [2.45, 2.75) is 68.7 Å². The molecule has 2 heterocycles. The molecule has 0 aliphatic heterocycles. The van der Waals surface area contributed by atoms with Crippen molar-refractivity contribution in [3.63, 3.8) is 0 Å². The van der Waals surface area contributed by atoms with E-state index in [9.17, 15) is 0 Å². The molecule has 48 heavy (non-hydrogen) atoms. The van der Waals surface area contributed by atoms with Crippen molar-refractivity contribution in [3.05, 3.63) is 63.3 Å². The average molecular weight is 673 g/mol. The van der Waals surface area contributed by atoms with Gasteiger partial charge in [-0.05, 0) is 34.1 Å². The molecule has 0 saturated carbocycles. The molecule has 0 aromatic carbocycles. The summed E-state index contributed by atoms with van der Waals surface area (Å²) >= 11 is 0.